The molecule has 0 unspecified atom stereocenters. The van der Waals surface area contributed by atoms with Gasteiger partial charge in [0.25, 0.3) is 5.91 Å². The van der Waals surface area contributed by atoms with Gasteiger partial charge in [0, 0.05) is 15.7 Å². The van der Waals surface area contributed by atoms with Gasteiger partial charge >= 0.3 is 0 Å². The van der Waals surface area contributed by atoms with Crippen LogP contribution in [0.15, 0.2) is 46.0 Å². The van der Waals surface area contributed by atoms with E-state index in [0.717, 1.165) is 10.2 Å². The number of benzene rings is 2. The van der Waals surface area contributed by atoms with Crippen molar-refractivity contribution in [3.63, 3.8) is 0 Å². The van der Waals surface area contributed by atoms with Gasteiger partial charge in [-0.25, -0.2) is 5.43 Å². The molecule has 0 spiro atoms. The summed E-state index contributed by atoms with van der Waals surface area (Å²) < 4.78 is 16.9. The van der Waals surface area contributed by atoms with E-state index < -0.39 is 6.04 Å². The minimum Gasteiger partial charge on any atom is -0.493 e. The molecule has 2 aromatic rings. The lowest BCUT2D eigenvalue weighted by atomic mass is 10.2. The van der Waals surface area contributed by atoms with E-state index in [0.29, 0.717) is 29.2 Å². The van der Waals surface area contributed by atoms with Gasteiger partial charge in [-0.15, -0.1) is 0 Å². The molecule has 2 N–H and O–H groups in total. The highest BCUT2D eigenvalue weighted by molar-refractivity contribution is 9.10. The number of nitrogens with zero attached hydrogens (tertiary/aromatic N) is 1. The highest BCUT2D eigenvalue weighted by Gasteiger charge is 2.16. The zero-order chi connectivity index (χ0) is 20.5. The number of carbonyl (C=O) groups is 1. The van der Waals surface area contributed by atoms with Crippen molar-refractivity contribution in [2.75, 3.05) is 26.6 Å². The van der Waals surface area contributed by atoms with Crippen molar-refractivity contribution in [2.24, 2.45) is 5.10 Å². The first kappa shape index (κ1) is 21.6. The van der Waals surface area contributed by atoms with Crippen LogP contribution < -0.4 is 25.0 Å². The summed E-state index contributed by atoms with van der Waals surface area (Å²) in [6.45, 7) is 1.93. The fourth-order valence-electron chi connectivity index (χ4n) is 2.56. The van der Waals surface area contributed by atoms with Crippen LogP contribution in [0.4, 0.5) is 5.69 Å². The molecule has 0 heterocycles. The maximum atomic E-state index is 12.4. The highest BCUT2D eigenvalue weighted by Crippen LogP contribution is 2.37. The minimum absolute atomic E-state index is 0.230. The maximum absolute atomic E-state index is 12.4. The number of amides is 1. The Kier molecular flexibility index (Phi) is 8.13. The lowest BCUT2D eigenvalue weighted by molar-refractivity contribution is -0.121. The quantitative estimate of drug-likeness (QED) is 0.449. The molecular formula is C20H24BrN3O4. The summed E-state index contributed by atoms with van der Waals surface area (Å²) in [5, 5.41) is 7.25. The topological polar surface area (TPSA) is 81.2 Å². The first-order valence-corrected chi connectivity index (χ1v) is 9.46. The van der Waals surface area contributed by atoms with Crippen LogP contribution in [0.5, 0.6) is 17.2 Å². The summed E-state index contributed by atoms with van der Waals surface area (Å²) in [6, 6.07) is 10.7. The Morgan fingerprint density at radius 3 is 2.36 bits per heavy atom. The van der Waals surface area contributed by atoms with Gasteiger partial charge in [-0.1, -0.05) is 28.9 Å². The Bertz CT molecular complexity index is 817. The van der Waals surface area contributed by atoms with Gasteiger partial charge in [-0.3, -0.25) is 4.79 Å². The molecule has 2 rings (SSSR count). The molecule has 0 fully saturated rings. The Hall–Kier alpha value is -2.74. The van der Waals surface area contributed by atoms with Gasteiger partial charge < -0.3 is 19.5 Å². The molecule has 7 nitrogen and oxygen atoms in total. The number of rotatable bonds is 9. The van der Waals surface area contributed by atoms with E-state index in [2.05, 4.69) is 31.8 Å². The number of hydrazone groups is 1. The van der Waals surface area contributed by atoms with Gasteiger partial charge in [-0.2, -0.15) is 5.10 Å². The molecule has 1 atom stereocenters. The van der Waals surface area contributed by atoms with Crippen molar-refractivity contribution in [1.82, 2.24) is 5.43 Å². The van der Waals surface area contributed by atoms with Crippen molar-refractivity contribution < 1.29 is 19.0 Å². The molecule has 0 saturated heterocycles. The molecule has 0 aliphatic heterocycles. The maximum Gasteiger partial charge on any atom is 0.262 e. The summed E-state index contributed by atoms with van der Waals surface area (Å²) in [5.74, 6) is 1.29. The summed E-state index contributed by atoms with van der Waals surface area (Å²) >= 11 is 3.42. The molecule has 0 saturated carbocycles. The molecule has 28 heavy (non-hydrogen) atoms. The van der Waals surface area contributed by atoms with E-state index in [1.54, 1.807) is 26.4 Å². The molecule has 0 aliphatic carbocycles. The average Bonchev–Trinajstić information content (AvgIpc) is 2.71. The molecule has 0 aromatic heterocycles. The number of hydrogen-bond acceptors (Lipinski definition) is 6. The van der Waals surface area contributed by atoms with Crippen LogP contribution in [0.2, 0.25) is 0 Å². The van der Waals surface area contributed by atoms with Gasteiger partial charge in [-0.05, 0) is 36.8 Å². The van der Waals surface area contributed by atoms with Crippen LogP contribution in [0, 0.1) is 0 Å². The Balaban J connectivity index is 2.07. The van der Waals surface area contributed by atoms with Crippen LogP contribution in [0.3, 0.4) is 0 Å². The zero-order valence-electron chi connectivity index (χ0n) is 16.3. The van der Waals surface area contributed by atoms with Crippen LogP contribution in [-0.2, 0) is 4.79 Å². The van der Waals surface area contributed by atoms with Gasteiger partial charge in [0.15, 0.2) is 11.5 Å². The van der Waals surface area contributed by atoms with Gasteiger partial charge in [0.1, 0.15) is 6.04 Å². The second-order valence-corrected chi connectivity index (χ2v) is 6.72. The normalized spacial score (nSPS) is 11.8. The first-order chi connectivity index (χ1) is 13.5. The number of carbonyl (C=O) groups excluding carboxylic acids is 1. The standard InChI is InChI=1S/C20H24BrN3O4/c1-5-16(23-15-8-6-7-14(21)11-15)20(25)24-22-12-13-9-17(26-2)19(28-4)18(10-13)27-3/h6-12,16,23H,5H2,1-4H3,(H,24,25)/b22-12-/t16-/m0/s1. The third-order valence-electron chi connectivity index (χ3n) is 3.97. The summed E-state index contributed by atoms with van der Waals surface area (Å²) in [5.41, 5.74) is 4.11. The molecular weight excluding hydrogens is 426 g/mol. The number of hydrogen-bond donors (Lipinski definition) is 2. The Morgan fingerprint density at radius 2 is 1.82 bits per heavy atom. The number of halogens is 1. The van der Waals surface area contributed by atoms with Crippen LogP contribution in [-0.4, -0.2) is 39.5 Å². The number of anilines is 1. The Labute approximate surface area is 173 Å². The lowest BCUT2D eigenvalue weighted by Gasteiger charge is -2.16. The second kappa shape index (κ2) is 10.6. The summed E-state index contributed by atoms with van der Waals surface area (Å²) in [6.07, 6.45) is 2.13. The van der Waals surface area contributed by atoms with Crippen molar-refractivity contribution in [2.45, 2.75) is 19.4 Å². The third kappa shape index (κ3) is 5.63. The average molecular weight is 450 g/mol. The number of methoxy groups -OCH3 is 3. The van der Waals surface area contributed by atoms with Gasteiger partial charge in [0.2, 0.25) is 5.75 Å². The van der Waals surface area contributed by atoms with E-state index in [4.69, 9.17) is 14.2 Å². The number of nitrogens with one attached hydrogen (secondary N) is 2. The number of ether oxygens (including phenoxy) is 3. The molecule has 0 bridgehead atoms. The van der Waals surface area contributed by atoms with Crippen LogP contribution in [0.25, 0.3) is 0 Å². The zero-order valence-corrected chi connectivity index (χ0v) is 17.9. The summed E-state index contributed by atoms with van der Waals surface area (Å²) in [7, 11) is 4.62. The third-order valence-corrected chi connectivity index (χ3v) is 4.46. The van der Waals surface area contributed by atoms with Crippen molar-refractivity contribution in [3.05, 3.63) is 46.4 Å². The molecule has 0 aliphatic rings. The van der Waals surface area contributed by atoms with Gasteiger partial charge in [0.05, 0.1) is 27.5 Å². The predicted molar refractivity (Wildman–Crippen MR) is 114 cm³/mol. The van der Waals surface area contributed by atoms with Crippen LogP contribution in [0.1, 0.15) is 18.9 Å². The molecule has 0 radical (unpaired) electrons. The van der Waals surface area contributed by atoms with E-state index in [1.165, 1.54) is 13.3 Å². The van der Waals surface area contributed by atoms with E-state index in [1.807, 2.05) is 31.2 Å². The predicted octanol–water partition coefficient (Wildman–Crippen LogP) is 3.82. The lowest BCUT2D eigenvalue weighted by Crippen LogP contribution is -2.36. The van der Waals surface area contributed by atoms with E-state index >= 15 is 0 Å². The van der Waals surface area contributed by atoms with E-state index in [-0.39, 0.29) is 5.91 Å². The SMILES string of the molecule is CC[C@H](Nc1cccc(Br)c1)C(=O)N/N=C\c1cc(OC)c(OC)c(OC)c1. The molecule has 2 aromatic carbocycles. The fraction of sp³-hybridized carbons (Fsp3) is 0.300. The highest BCUT2D eigenvalue weighted by atomic mass is 79.9. The van der Waals surface area contributed by atoms with Crippen LogP contribution >= 0.6 is 15.9 Å². The Morgan fingerprint density at radius 1 is 1.14 bits per heavy atom. The minimum atomic E-state index is -0.411. The second-order valence-electron chi connectivity index (χ2n) is 5.81. The molecule has 8 heteroatoms. The molecule has 1 amide bonds. The first-order valence-electron chi connectivity index (χ1n) is 8.67. The van der Waals surface area contributed by atoms with E-state index in [9.17, 15) is 4.79 Å². The largest absolute Gasteiger partial charge is 0.493 e. The monoisotopic (exact) mass is 449 g/mol. The smallest absolute Gasteiger partial charge is 0.262 e. The van der Waals surface area contributed by atoms with Crippen molar-refractivity contribution >= 4 is 33.7 Å². The summed E-state index contributed by atoms with van der Waals surface area (Å²) in [4.78, 5) is 12.4. The fourth-order valence-corrected chi connectivity index (χ4v) is 2.96. The molecule has 150 valence electrons. The van der Waals surface area contributed by atoms with Crippen molar-refractivity contribution in [1.29, 1.82) is 0 Å². The van der Waals surface area contributed by atoms with Crippen molar-refractivity contribution in [3.8, 4) is 17.2 Å².